The highest BCUT2D eigenvalue weighted by Crippen LogP contribution is 2.28. The Morgan fingerprint density at radius 3 is 2.62 bits per heavy atom. The zero-order valence-electron chi connectivity index (χ0n) is 27.5. The Kier molecular flexibility index (Phi) is 8.64. The monoisotopic (exact) mass is 681 g/mol. The zero-order chi connectivity index (χ0) is 35.1. The van der Waals surface area contributed by atoms with E-state index in [0.717, 1.165) is 24.8 Å². The van der Waals surface area contributed by atoms with Crippen LogP contribution in [0.25, 0.3) is 27.9 Å². The number of nitrogens with zero attached hydrogens (tertiary/aromatic N) is 5. The third-order valence-electron chi connectivity index (χ3n) is 9.27. The molecule has 7 rings (SSSR count). The van der Waals surface area contributed by atoms with Gasteiger partial charge in [-0.3, -0.25) is 33.6 Å². The minimum absolute atomic E-state index is 0.181. The fraction of sp³-hybridized carbons (Fsp3) is 0.343. The fourth-order valence-electron chi connectivity index (χ4n) is 6.38. The van der Waals surface area contributed by atoms with Crippen molar-refractivity contribution in [2.24, 2.45) is 7.05 Å². The maximum absolute atomic E-state index is 13.4. The summed E-state index contributed by atoms with van der Waals surface area (Å²) in [7, 11) is 3.40. The summed E-state index contributed by atoms with van der Waals surface area (Å²) in [5, 5.41) is 15.7. The lowest BCUT2D eigenvalue weighted by Crippen LogP contribution is -2.44. The smallest absolute Gasteiger partial charge is 0.329 e. The number of carbonyl (C=O) groups excluding carboxylic acids is 4. The highest BCUT2D eigenvalue weighted by molar-refractivity contribution is 6.00. The van der Waals surface area contributed by atoms with Crippen LogP contribution in [0.3, 0.4) is 0 Å². The number of hydrogen-bond donors (Lipinski definition) is 4. The van der Waals surface area contributed by atoms with E-state index in [9.17, 15) is 28.4 Å². The molecule has 2 fully saturated rings. The molecule has 0 radical (unpaired) electrons. The average molecular weight is 682 g/mol. The minimum Gasteiger partial charge on any atom is -0.385 e. The highest BCUT2D eigenvalue weighted by atomic mass is 19.1. The number of benzene rings is 2. The summed E-state index contributed by atoms with van der Waals surface area (Å²) in [6.07, 6.45) is 3.36. The number of halogens is 1. The number of piperidine rings is 1. The number of aromatic nitrogens is 5. The van der Waals surface area contributed by atoms with Gasteiger partial charge in [-0.25, -0.2) is 18.7 Å². The summed E-state index contributed by atoms with van der Waals surface area (Å²) in [6, 6.07) is 13.3. The molecule has 1 unspecified atom stereocenters. The summed E-state index contributed by atoms with van der Waals surface area (Å²) in [5.41, 5.74) is 4.95. The molecule has 0 bridgehead atoms. The minimum atomic E-state index is -1.04. The van der Waals surface area contributed by atoms with Crippen LogP contribution in [-0.2, 0) is 23.1 Å². The van der Waals surface area contributed by atoms with Gasteiger partial charge in [-0.1, -0.05) is 18.2 Å². The summed E-state index contributed by atoms with van der Waals surface area (Å²) in [5.74, 6) is -1.49. The molecule has 5 aromatic rings. The summed E-state index contributed by atoms with van der Waals surface area (Å²) in [6.45, 7) is 0.456. The Hall–Kier alpha value is -5.86. The van der Waals surface area contributed by atoms with Crippen molar-refractivity contribution in [3.8, 4) is 11.3 Å². The molecule has 14 nitrogen and oxygen atoms in total. The first kappa shape index (κ1) is 32.7. The van der Waals surface area contributed by atoms with Gasteiger partial charge in [0.1, 0.15) is 12.2 Å². The first-order chi connectivity index (χ1) is 24.1. The van der Waals surface area contributed by atoms with E-state index in [1.807, 2.05) is 24.3 Å². The van der Waals surface area contributed by atoms with Crippen LogP contribution in [0.2, 0.25) is 0 Å². The van der Waals surface area contributed by atoms with Crippen LogP contribution in [-0.4, -0.2) is 73.2 Å². The maximum atomic E-state index is 13.4. The van der Waals surface area contributed by atoms with Crippen molar-refractivity contribution < 1.29 is 23.6 Å². The number of imide groups is 1. The van der Waals surface area contributed by atoms with Crippen LogP contribution in [0.5, 0.6) is 0 Å². The summed E-state index contributed by atoms with van der Waals surface area (Å²) >= 11 is 0. The second kappa shape index (κ2) is 13.2. The SMILES string of the molecule is CNc1cc(-c2cccc(C(=O)NCCCCc3ccc4c(c3)n(C)c(=O)n4C3CCC(=O)NC3=O)c2)nn2c(C(=O)N[C@@H]3C[C@@H]3F)cnc12. The van der Waals surface area contributed by atoms with Crippen LogP contribution in [0.4, 0.5) is 10.1 Å². The number of fused-ring (bicyclic) bond motifs is 2. The van der Waals surface area contributed by atoms with Crippen molar-refractivity contribution in [1.82, 2.24) is 39.7 Å². The van der Waals surface area contributed by atoms with E-state index in [1.165, 1.54) is 19.8 Å². The number of imidazole rings is 2. The van der Waals surface area contributed by atoms with Gasteiger partial charge in [0.15, 0.2) is 11.3 Å². The second-order valence-electron chi connectivity index (χ2n) is 12.7. The molecular formula is C35H36FN9O5. The van der Waals surface area contributed by atoms with E-state index in [0.29, 0.717) is 52.2 Å². The van der Waals surface area contributed by atoms with Crippen molar-refractivity contribution in [2.45, 2.75) is 56.8 Å². The van der Waals surface area contributed by atoms with Crippen molar-refractivity contribution in [3.05, 3.63) is 82.0 Å². The third-order valence-corrected chi connectivity index (χ3v) is 9.27. The molecule has 4 N–H and O–H groups in total. The molecule has 15 heteroatoms. The molecule has 0 spiro atoms. The van der Waals surface area contributed by atoms with Gasteiger partial charge in [-0.05, 0) is 61.6 Å². The largest absolute Gasteiger partial charge is 0.385 e. The quantitative estimate of drug-likeness (QED) is 0.122. The number of anilines is 1. The lowest BCUT2D eigenvalue weighted by atomic mass is 10.0. The van der Waals surface area contributed by atoms with Crippen LogP contribution in [0.1, 0.15) is 64.6 Å². The summed E-state index contributed by atoms with van der Waals surface area (Å²) < 4.78 is 17.8. The number of aryl methyl sites for hydroxylation is 2. The Balaban J connectivity index is 0.978. The number of carbonyl (C=O) groups is 4. The van der Waals surface area contributed by atoms with Gasteiger partial charge in [0.05, 0.1) is 34.7 Å². The number of rotatable bonds is 11. The van der Waals surface area contributed by atoms with E-state index >= 15 is 0 Å². The van der Waals surface area contributed by atoms with Gasteiger partial charge in [0, 0.05) is 44.6 Å². The highest BCUT2D eigenvalue weighted by Gasteiger charge is 2.39. The number of amides is 4. The second-order valence-corrected chi connectivity index (χ2v) is 12.7. The number of nitrogens with one attached hydrogen (secondary N) is 4. The van der Waals surface area contributed by atoms with Crippen LogP contribution < -0.4 is 27.0 Å². The standard InChI is InChI=1S/C35H36FN9O5/c1-37-25-17-23(42-45-29(18-39-31(25)45)34(49)40-24-16-22(24)36)20-7-5-8-21(15-20)32(47)38-13-4-3-6-19-9-10-26-28(14-19)43(2)35(50)44(26)27-11-12-30(46)41-33(27)48/h5,7-10,14-15,17-18,22,24,27,37H,3-4,6,11-13,16H2,1-2H3,(H,38,47)(H,40,49)(H,41,46,48)/t22-,24+,27?/m0/s1. The maximum Gasteiger partial charge on any atom is 0.329 e. The predicted octanol–water partition coefficient (Wildman–Crippen LogP) is 2.66. The first-order valence-corrected chi connectivity index (χ1v) is 16.6. The van der Waals surface area contributed by atoms with Gasteiger partial charge in [0.2, 0.25) is 11.8 Å². The predicted molar refractivity (Wildman–Crippen MR) is 183 cm³/mol. The molecule has 1 saturated heterocycles. The molecule has 4 amide bonds. The Morgan fingerprint density at radius 1 is 1.04 bits per heavy atom. The lowest BCUT2D eigenvalue weighted by Gasteiger charge is -2.21. The van der Waals surface area contributed by atoms with Crippen LogP contribution >= 0.6 is 0 Å². The molecule has 258 valence electrons. The molecule has 50 heavy (non-hydrogen) atoms. The number of alkyl halides is 1. The molecule has 1 aliphatic carbocycles. The van der Waals surface area contributed by atoms with Gasteiger partial charge >= 0.3 is 5.69 Å². The Morgan fingerprint density at radius 2 is 1.86 bits per heavy atom. The molecule has 3 atom stereocenters. The Bertz CT molecular complexity index is 2240. The molecule has 1 aliphatic heterocycles. The molecule has 2 aliphatic rings. The zero-order valence-corrected chi connectivity index (χ0v) is 27.5. The van der Waals surface area contributed by atoms with Gasteiger partial charge in [0.25, 0.3) is 11.8 Å². The normalized spacial score (nSPS) is 18.7. The van der Waals surface area contributed by atoms with Crippen LogP contribution in [0, 0.1) is 0 Å². The number of hydrogen-bond acceptors (Lipinski definition) is 8. The van der Waals surface area contributed by atoms with E-state index in [-0.39, 0.29) is 36.0 Å². The molecule has 4 heterocycles. The van der Waals surface area contributed by atoms with Crippen molar-refractivity contribution in [2.75, 3.05) is 18.9 Å². The summed E-state index contributed by atoms with van der Waals surface area (Å²) in [4.78, 5) is 67.3. The van der Waals surface area contributed by atoms with E-state index < -0.39 is 30.1 Å². The van der Waals surface area contributed by atoms with E-state index in [4.69, 9.17) is 0 Å². The third kappa shape index (κ3) is 6.21. The van der Waals surface area contributed by atoms with Crippen molar-refractivity contribution in [3.63, 3.8) is 0 Å². The molecular weight excluding hydrogens is 645 g/mol. The lowest BCUT2D eigenvalue weighted by molar-refractivity contribution is -0.135. The fourth-order valence-corrected chi connectivity index (χ4v) is 6.38. The van der Waals surface area contributed by atoms with Gasteiger partial charge in [-0.2, -0.15) is 5.10 Å². The average Bonchev–Trinajstić information content (AvgIpc) is 3.53. The van der Waals surface area contributed by atoms with E-state index in [1.54, 1.807) is 38.4 Å². The molecule has 1 saturated carbocycles. The van der Waals surface area contributed by atoms with Gasteiger partial charge in [-0.15, -0.1) is 0 Å². The van der Waals surface area contributed by atoms with Gasteiger partial charge < -0.3 is 16.0 Å². The Labute approximate surface area is 285 Å². The molecule has 3 aromatic heterocycles. The van der Waals surface area contributed by atoms with E-state index in [2.05, 4.69) is 31.3 Å². The van der Waals surface area contributed by atoms with Crippen LogP contribution in [0.15, 0.2) is 59.5 Å². The number of unbranched alkanes of at least 4 members (excludes halogenated alkanes) is 1. The molecule has 2 aromatic carbocycles. The van der Waals surface area contributed by atoms with Crippen molar-refractivity contribution in [1.29, 1.82) is 0 Å². The first-order valence-electron chi connectivity index (χ1n) is 16.6. The topological polar surface area (TPSA) is 174 Å². The van der Waals surface area contributed by atoms with Crippen molar-refractivity contribution >= 4 is 46.0 Å².